The maximum absolute atomic E-state index is 13.8. The Bertz CT molecular complexity index is 835. The van der Waals surface area contributed by atoms with Crippen LogP contribution in [0.25, 0.3) is 5.69 Å². The van der Waals surface area contributed by atoms with Crippen LogP contribution in [0, 0.1) is 11.6 Å². The number of rotatable bonds is 2. The van der Waals surface area contributed by atoms with Crippen molar-refractivity contribution in [3.8, 4) is 5.69 Å². The van der Waals surface area contributed by atoms with E-state index in [1.54, 1.807) is 0 Å². The van der Waals surface area contributed by atoms with Gasteiger partial charge in [-0.05, 0) is 6.72 Å². The van der Waals surface area contributed by atoms with Gasteiger partial charge in [0, 0.05) is 18.2 Å². The van der Waals surface area contributed by atoms with E-state index in [-0.39, 0.29) is 10.6 Å². The van der Waals surface area contributed by atoms with Crippen LogP contribution < -0.4 is 11.2 Å². The lowest BCUT2D eigenvalue weighted by atomic mass is 10.2. The minimum Gasteiger partial charge on any atom is -0.303 e. The summed E-state index contributed by atoms with van der Waals surface area (Å²) in [4.78, 5) is 27.8. The van der Waals surface area contributed by atoms with Crippen molar-refractivity contribution in [3.05, 3.63) is 56.4 Å². The van der Waals surface area contributed by atoms with Gasteiger partial charge in [-0.3, -0.25) is 9.79 Å². The molecule has 10 heteroatoms. The average Bonchev–Trinajstić information content (AvgIpc) is 2.40. The van der Waals surface area contributed by atoms with Crippen LogP contribution in [0.2, 0.25) is 0 Å². The third-order valence-corrected chi connectivity index (χ3v) is 2.67. The molecule has 0 aliphatic rings. The van der Waals surface area contributed by atoms with Gasteiger partial charge in [-0.25, -0.2) is 18.1 Å². The molecule has 0 aliphatic carbocycles. The summed E-state index contributed by atoms with van der Waals surface area (Å²) in [6.07, 6.45) is -4.96. The van der Waals surface area contributed by atoms with E-state index in [1.165, 1.54) is 4.98 Å². The Labute approximate surface area is 118 Å². The molecule has 0 aliphatic heterocycles. The molecule has 1 aromatic carbocycles. The summed E-state index contributed by atoms with van der Waals surface area (Å²) in [5, 5.41) is 0. The Morgan fingerprint density at radius 1 is 1.09 bits per heavy atom. The fourth-order valence-corrected chi connectivity index (χ4v) is 1.69. The number of aromatic nitrogens is 2. The normalized spacial score (nSPS) is 11.5. The second-order valence-corrected chi connectivity index (χ2v) is 4.07. The SMILES string of the molecule is C=Nc1cc(F)c(-n2c(=O)cc(C(F)(F)F)[nH]c2=O)cc1F. The highest BCUT2D eigenvalue weighted by Gasteiger charge is 2.33. The second-order valence-electron chi connectivity index (χ2n) is 4.07. The maximum Gasteiger partial charge on any atom is 0.431 e. The quantitative estimate of drug-likeness (QED) is 0.681. The molecule has 0 bridgehead atoms. The predicted molar refractivity (Wildman–Crippen MR) is 66.8 cm³/mol. The van der Waals surface area contributed by atoms with Gasteiger partial charge >= 0.3 is 11.9 Å². The molecule has 116 valence electrons. The van der Waals surface area contributed by atoms with E-state index in [1.807, 2.05) is 0 Å². The Morgan fingerprint density at radius 2 is 1.73 bits per heavy atom. The summed E-state index contributed by atoms with van der Waals surface area (Å²) in [6, 6.07) is 1.09. The van der Waals surface area contributed by atoms with Gasteiger partial charge in [-0.2, -0.15) is 13.2 Å². The summed E-state index contributed by atoms with van der Waals surface area (Å²) in [6.45, 7) is 2.99. The van der Waals surface area contributed by atoms with Crippen LogP contribution in [0.5, 0.6) is 0 Å². The molecule has 1 N–H and O–H groups in total. The molecule has 0 fully saturated rings. The average molecular weight is 319 g/mol. The molecule has 2 rings (SSSR count). The molecular weight excluding hydrogens is 313 g/mol. The predicted octanol–water partition coefficient (Wildman–Crippen LogP) is 2.15. The molecule has 0 spiro atoms. The molecule has 0 saturated carbocycles. The number of halogens is 5. The zero-order valence-electron chi connectivity index (χ0n) is 10.5. The summed E-state index contributed by atoms with van der Waals surface area (Å²) < 4.78 is 64.7. The van der Waals surface area contributed by atoms with E-state index >= 15 is 0 Å². The zero-order chi connectivity index (χ0) is 16.7. The van der Waals surface area contributed by atoms with Gasteiger partial charge in [0.15, 0.2) is 5.82 Å². The zero-order valence-corrected chi connectivity index (χ0v) is 10.5. The smallest absolute Gasteiger partial charge is 0.303 e. The number of benzene rings is 1. The molecule has 0 amide bonds. The Hall–Kier alpha value is -2.78. The lowest BCUT2D eigenvalue weighted by Gasteiger charge is -2.10. The van der Waals surface area contributed by atoms with Gasteiger partial charge in [0.2, 0.25) is 0 Å². The molecule has 1 heterocycles. The lowest BCUT2D eigenvalue weighted by molar-refractivity contribution is -0.141. The van der Waals surface area contributed by atoms with Gasteiger partial charge in [0.1, 0.15) is 17.2 Å². The molecule has 5 nitrogen and oxygen atoms in total. The number of nitrogens with zero attached hydrogens (tertiary/aromatic N) is 2. The minimum absolute atomic E-state index is 0.0422. The third-order valence-electron chi connectivity index (χ3n) is 2.67. The van der Waals surface area contributed by atoms with Crippen LogP contribution in [0.4, 0.5) is 27.6 Å². The second kappa shape index (κ2) is 5.20. The minimum atomic E-state index is -4.96. The van der Waals surface area contributed by atoms with Crippen molar-refractivity contribution >= 4 is 12.4 Å². The van der Waals surface area contributed by atoms with E-state index < -0.39 is 46.1 Å². The van der Waals surface area contributed by atoms with Crippen LogP contribution in [-0.4, -0.2) is 16.3 Å². The molecule has 0 saturated heterocycles. The molecule has 2 aromatic rings. The molecule has 22 heavy (non-hydrogen) atoms. The fourth-order valence-electron chi connectivity index (χ4n) is 1.69. The van der Waals surface area contributed by atoms with Crippen molar-refractivity contribution in [2.24, 2.45) is 4.99 Å². The summed E-state index contributed by atoms with van der Waals surface area (Å²) >= 11 is 0. The first-order chi connectivity index (χ1) is 10.1. The number of H-pyrrole nitrogens is 1. The molecule has 0 unspecified atom stereocenters. The molecule has 0 radical (unpaired) electrons. The number of hydrogen-bond donors (Lipinski definition) is 1. The third kappa shape index (κ3) is 2.67. The Kier molecular flexibility index (Phi) is 3.69. The van der Waals surface area contributed by atoms with Crippen LogP contribution in [0.15, 0.2) is 32.8 Å². The maximum atomic E-state index is 13.8. The van der Waals surface area contributed by atoms with E-state index in [2.05, 4.69) is 11.7 Å². The first-order valence-electron chi connectivity index (χ1n) is 5.55. The van der Waals surface area contributed by atoms with Gasteiger partial charge < -0.3 is 4.98 Å². The lowest BCUT2D eigenvalue weighted by Crippen LogP contribution is -2.36. The van der Waals surface area contributed by atoms with Crippen LogP contribution >= 0.6 is 0 Å². The Balaban J connectivity index is 2.75. The highest BCUT2D eigenvalue weighted by atomic mass is 19.4. The van der Waals surface area contributed by atoms with Gasteiger partial charge in [-0.15, -0.1) is 0 Å². The topological polar surface area (TPSA) is 67.2 Å². The summed E-state index contributed by atoms with van der Waals surface area (Å²) in [5.41, 5.74) is -5.93. The number of nitrogens with one attached hydrogen (secondary N) is 1. The van der Waals surface area contributed by atoms with Gasteiger partial charge in [0.05, 0.1) is 5.69 Å². The number of aromatic amines is 1. The summed E-state index contributed by atoms with van der Waals surface area (Å²) in [7, 11) is 0. The number of hydrogen-bond acceptors (Lipinski definition) is 3. The van der Waals surface area contributed by atoms with E-state index in [4.69, 9.17) is 0 Å². The van der Waals surface area contributed by atoms with E-state index in [9.17, 15) is 31.5 Å². The van der Waals surface area contributed by atoms with E-state index in [0.29, 0.717) is 12.1 Å². The van der Waals surface area contributed by atoms with Crippen molar-refractivity contribution in [2.45, 2.75) is 6.18 Å². The largest absolute Gasteiger partial charge is 0.431 e. The number of aliphatic imine (C=N–C) groups is 1. The van der Waals surface area contributed by atoms with Crippen LogP contribution in [-0.2, 0) is 6.18 Å². The molecular formula is C12H6F5N3O2. The van der Waals surface area contributed by atoms with Crippen LogP contribution in [0.3, 0.4) is 0 Å². The van der Waals surface area contributed by atoms with Crippen molar-refractivity contribution in [2.75, 3.05) is 0 Å². The highest BCUT2D eigenvalue weighted by Crippen LogP contribution is 2.26. The Morgan fingerprint density at radius 3 is 2.23 bits per heavy atom. The van der Waals surface area contributed by atoms with Crippen molar-refractivity contribution in [3.63, 3.8) is 0 Å². The van der Waals surface area contributed by atoms with Crippen LogP contribution in [0.1, 0.15) is 5.69 Å². The van der Waals surface area contributed by atoms with E-state index in [0.717, 1.165) is 0 Å². The monoisotopic (exact) mass is 319 g/mol. The standard InChI is InChI=1S/C12H6F5N3O2/c1-18-7-2-6(14)8(3-5(7)13)20-10(21)4-9(12(15,16)17)19-11(20)22/h2-4H,1H2,(H,19,22). The molecule has 1 aromatic heterocycles. The number of alkyl halides is 3. The van der Waals surface area contributed by atoms with Gasteiger partial charge in [0.25, 0.3) is 5.56 Å². The molecule has 0 atom stereocenters. The van der Waals surface area contributed by atoms with Crippen molar-refractivity contribution < 1.29 is 22.0 Å². The van der Waals surface area contributed by atoms with Crippen molar-refractivity contribution in [1.29, 1.82) is 0 Å². The summed E-state index contributed by atoms with van der Waals surface area (Å²) in [5.74, 6) is -2.33. The first kappa shape index (κ1) is 15.6. The van der Waals surface area contributed by atoms with Crippen molar-refractivity contribution in [1.82, 2.24) is 9.55 Å². The highest BCUT2D eigenvalue weighted by molar-refractivity contribution is 5.51. The van der Waals surface area contributed by atoms with Gasteiger partial charge in [-0.1, -0.05) is 0 Å². The first-order valence-corrected chi connectivity index (χ1v) is 5.55. The fraction of sp³-hybridized carbons (Fsp3) is 0.0833.